The minimum absolute atomic E-state index is 0.0305. The van der Waals surface area contributed by atoms with Crippen LogP contribution in [0.15, 0.2) is 42.5 Å². The topological polar surface area (TPSA) is 55.9 Å². The van der Waals surface area contributed by atoms with Crippen molar-refractivity contribution in [1.82, 2.24) is 14.7 Å². The maximum atomic E-state index is 13.1. The standard InChI is InChI=1S/C25H33ClN4O2/c1-4-24(31)29-13-12-21-19(17-29)9-7-11-23(21)27-16-25(32)30(15-14-28(2)3)18-20-8-5-6-10-22(20)26/h5-11,27H,4,12-18H2,1-3H3. The van der Waals surface area contributed by atoms with Gasteiger partial charge in [-0.3, -0.25) is 9.59 Å². The highest BCUT2D eigenvalue weighted by Gasteiger charge is 2.22. The lowest BCUT2D eigenvalue weighted by molar-refractivity contribution is -0.132. The molecular formula is C25H33ClN4O2. The molecule has 32 heavy (non-hydrogen) atoms. The summed E-state index contributed by atoms with van der Waals surface area (Å²) in [6.07, 6.45) is 1.32. The molecule has 2 aromatic rings. The monoisotopic (exact) mass is 456 g/mol. The van der Waals surface area contributed by atoms with Crippen LogP contribution in [0.5, 0.6) is 0 Å². The number of fused-ring (bicyclic) bond motifs is 1. The van der Waals surface area contributed by atoms with Crippen molar-refractivity contribution >= 4 is 29.1 Å². The predicted octanol–water partition coefficient (Wildman–Crippen LogP) is 3.64. The Morgan fingerprint density at radius 3 is 2.59 bits per heavy atom. The first-order valence-corrected chi connectivity index (χ1v) is 11.5. The lowest BCUT2D eigenvalue weighted by Crippen LogP contribution is -2.39. The van der Waals surface area contributed by atoms with Crippen LogP contribution in [-0.4, -0.2) is 66.8 Å². The van der Waals surface area contributed by atoms with Gasteiger partial charge < -0.3 is 20.0 Å². The smallest absolute Gasteiger partial charge is 0.242 e. The Labute approximate surface area is 196 Å². The van der Waals surface area contributed by atoms with Gasteiger partial charge in [-0.2, -0.15) is 0 Å². The van der Waals surface area contributed by atoms with Crippen molar-refractivity contribution in [2.24, 2.45) is 0 Å². The van der Waals surface area contributed by atoms with Crippen LogP contribution in [0.3, 0.4) is 0 Å². The Kier molecular flexibility index (Phi) is 8.53. The summed E-state index contributed by atoms with van der Waals surface area (Å²) in [6, 6.07) is 13.7. The van der Waals surface area contributed by atoms with Crippen LogP contribution in [0.2, 0.25) is 5.02 Å². The van der Waals surface area contributed by atoms with Crippen molar-refractivity contribution in [2.75, 3.05) is 45.6 Å². The van der Waals surface area contributed by atoms with E-state index in [-0.39, 0.29) is 18.4 Å². The van der Waals surface area contributed by atoms with Gasteiger partial charge >= 0.3 is 0 Å². The van der Waals surface area contributed by atoms with E-state index in [9.17, 15) is 9.59 Å². The summed E-state index contributed by atoms with van der Waals surface area (Å²) in [4.78, 5) is 31.0. The zero-order valence-corrected chi connectivity index (χ0v) is 20.0. The summed E-state index contributed by atoms with van der Waals surface area (Å²) in [5, 5.41) is 4.03. The molecule has 0 unspecified atom stereocenters. The molecule has 172 valence electrons. The fourth-order valence-electron chi connectivity index (χ4n) is 3.94. The zero-order valence-electron chi connectivity index (χ0n) is 19.2. The Bertz CT molecular complexity index is 947. The summed E-state index contributed by atoms with van der Waals surface area (Å²) in [7, 11) is 4.00. The number of amides is 2. The molecular weight excluding hydrogens is 424 g/mol. The van der Waals surface area contributed by atoms with Crippen molar-refractivity contribution < 1.29 is 9.59 Å². The number of carbonyl (C=O) groups excluding carboxylic acids is 2. The van der Waals surface area contributed by atoms with Gasteiger partial charge in [0.05, 0.1) is 6.54 Å². The molecule has 6 nitrogen and oxygen atoms in total. The fourth-order valence-corrected chi connectivity index (χ4v) is 4.13. The Morgan fingerprint density at radius 1 is 1.09 bits per heavy atom. The molecule has 0 fully saturated rings. The molecule has 2 aromatic carbocycles. The Morgan fingerprint density at radius 2 is 1.88 bits per heavy atom. The number of hydrogen-bond donors (Lipinski definition) is 1. The third kappa shape index (κ3) is 6.24. The van der Waals surface area contributed by atoms with E-state index in [2.05, 4.69) is 16.3 Å². The molecule has 0 saturated carbocycles. The van der Waals surface area contributed by atoms with E-state index in [0.717, 1.165) is 29.8 Å². The first-order chi connectivity index (χ1) is 15.4. The summed E-state index contributed by atoms with van der Waals surface area (Å²) in [6.45, 7) is 5.34. The second kappa shape index (κ2) is 11.3. The van der Waals surface area contributed by atoms with Crippen molar-refractivity contribution in [3.05, 3.63) is 64.2 Å². The lowest BCUT2D eigenvalue weighted by atomic mass is 9.97. The van der Waals surface area contributed by atoms with Gasteiger partial charge in [0.25, 0.3) is 0 Å². The van der Waals surface area contributed by atoms with Crippen LogP contribution in [0.4, 0.5) is 5.69 Å². The zero-order chi connectivity index (χ0) is 23.1. The second-order valence-corrected chi connectivity index (χ2v) is 8.83. The average Bonchev–Trinajstić information content (AvgIpc) is 2.80. The fraction of sp³-hybridized carbons (Fsp3) is 0.440. The normalized spacial score (nSPS) is 13.1. The highest BCUT2D eigenvalue weighted by molar-refractivity contribution is 6.31. The number of carbonyl (C=O) groups is 2. The minimum atomic E-state index is 0.0305. The van der Waals surface area contributed by atoms with E-state index in [4.69, 9.17) is 11.6 Å². The van der Waals surface area contributed by atoms with Crippen molar-refractivity contribution in [2.45, 2.75) is 32.9 Å². The molecule has 2 amide bonds. The summed E-state index contributed by atoms with van der Waals surface area (Å²) >= 11 is 6.34. The van der Waals surface area contributed by atoms with E-state index in [1.165, 1.54) is 5.56 Å². The number of benzene rings is 2. The number of nitrogens with one attached hydrogen (secondary N) is 1. The van der Waals surface area contributed by atoms with Gasteiger partial charge in [0, 0.05) is 49.9 Å². The van der Waals surface area contributed by atoms with Crippen molar-refractivity contribution in [3.8, 4) is 0 Å². The van der Waals surface area contributed by atoms with Gasteiger partial charge in [0.2, 0.25) is 11.8 Å². The molecule has 0 saturated heterocycles. The van der Waals surface area contributed by atoms with E-state index in [1.54, 1.807) is 0 Å². The van der Waals surface area contributed by atoms with E-state index in [0.29, 0.717) is 37.6 Å². The van der Waals surface area contributed by atoms with Crippen LogP contribution >= 0.6 is 11.6 Å². The van der Waals surface area contributed by atoms with Crippen LogP contribution in [0.1, 0.15) is 30.0 Å². The van der Waals surface area contributed by atoms with Gasteiger partial charge in [-0.05, 0) is 49.3 Å². The molecule has 0 atom stereocenters. The molecule has 3 rings (SSSR count). The van der Waals surface area contributed by atoms with Crippen LogP contribution in [-0.2, 0) is 29.1 Å². The van der Waals surface area contributed by atoms with E-state index in [1.807, 2.05) is 67.2 Å². The first kappa shape index (κ1) is 24.1. The van der Waals surface area contributed by atoms with Gasteiger partial charge in [0.15, 0.2) is 0 Å². The number of nitrogens with zero attached hydrogens (tertiary/aromatic N) is 3. The summed E-state index contributed by atoms with van der Waals surface area (Å²) < 4.78 is 0. The number of halogens is 1. The maximum absolute atomic E-state index is 13.1. The number of hydrogen-bond acceptors (Lipinski definition) is 4. The molecule has 1 aliphatic rings. The molecule has 1 N–H and O–H groups in total. The van der Waals surface area contributed by atoms with Gasteiger partial charge in [-0.25, -0.2) is 0 Å². The SMILES string of the molecule is CCC(=O)N1CCc2c(cccc2NCC(=O)N(CCN(C)C)Cc2ccccc2Cl)C1. The van der Waals surface area contributed by atoms with Crippen LogP contribution in [0.25, 0.3) is 0 Å². The van der Waals surface area contributed by atoms with Crippen molar-refractivity contribution in [3.63, 3.8) is 0 Å². The van der Waals surface area contributed by atoms with E-state index >= 15 is 0 Å². The molecule has 1 heterocycles. The van der Waals surface area contributed by atoms with Gasteiger partial charge in [-0.1, -0.05) is 48.9 Å². The minimum Gasteiger partial charge on any atom is -0.376 e. The number of anilines is 1. The molecule has 0 spiro atoms. The third-order valence-corrected chi connectivity index (χ3v) is 6.21. The lowest BCUT2D eigenvalue weighted by Gasteiger charge is -2.30. The van der Waals surface area contributed by atoms with Crippen LogP contribution < -0.4 is 5.32 Å². The first-order valence-electron chi connectivity index (χ1n) is 11.2. The van der Waals surface area contributed by atoms with Gasteiger partial charge in [0.1, 0.15) is 0 Å². The molecule has 0 bridgehead atoms. The average molecular weight is 457 g/mol. The quantitative estimate of drug-likeness (QED) is 0.626. The third-order valence-electron chi connectivity index (χ3n) is 5.84. The molecule has 1 aliphatic heterocycles. The van der Waals surface area contributed by atoms with Gasteiger partial charge in [-0.15, -0.1) is 0 Å². The van der Waals surface area contributed by atoms with Crippen LogP contribution in [0, 0.1) is 0 Å². The predicted molar refractivity (Wildman–Crippen MR) is 130 cm³/mol. The summed E-state index contributed by atoms with van der Waals surface area (Å²) in [5.41, 5.74) is 4.27. The number of likely N-dealkylation sites (N-methyl/N-ethyl adjacent to an activating group) is 1. The second-order valence-electron chi connectivity index (χ2n) is 8.43. The highest BCUT2D eigenvalue weighted by Crippen LogP contribution is 2.26. The Hall–Kier alpha value is -2.57. The van der Waals surface area contributed by atoms with E-state index < -0.39 is 0 Å². The Balaban J connectivity index is 1.68. The molecule has 7 heteroatoms. The van der Waals surface area contributed by atoms with Crippen molar-refractivity contribution in [1.29, 1.82) is 0 Å². The molecule has 0 aromatic heterocycles. The highest BCUT2D eigenvalue weighted by atomic mass is 35.5. The largest absolute Gasteiger partial charge is 0.376 e. The molecule has 0 radical (unpaired) electrons. The maximum Gasteiger partial charge on any atom is 0.242 e. The number of rotatable bonds is 9. The summed E-state index contributed by atoms with van der Waals surface area (Å²) in [5.74, 6) is 0.211. The molecule has 0 aliphatic carbocycles.